The third-order valence-corrected chi connectivity index (χ3v) is 9.89. The monoisotopic (exact) mass is 605 g/mol. The standard InChI is InChI=1S/C30H34Cl3N3O4/c1-30(10-11-30)29(39)35-12-8-18(9-13-35)28(38)36-16-21(19-4-6-22(31)24(33)14-19)25(17-36)34(2)27(37)20-5-7-23(32)26(15-20)40-3/h4-7,14-15,18,21,25H,8-13,16-17H2,1-3H3/t21-,25+/m1/s1. The summed E-state index contributed by atoms with van der Waals surface area (Å²) in [5.41, 5.74) is 1.17. The average Bonchev–Trinajstić information content (AvgIpc) is 3.56. The molecule has 3 amide bonds. The molecule has 7 nitrogen and oxygen atoms in total. The molecule has 5 rings (SSSR count). The van der Waals surface area contributed by atoms with Crippen LogP contribution in [-0.4, -0.2) is 78.8 Å². The van der Waals surface area contributed by atoms with E-state index in [4.69, 9.17) is 39.5 Å². The highest BCUT2D eigenvalue weighted by molar-refractivity contribution is 6.42. The van der Waals surface area contributed by atoms with Gasteiger partial charge in [-0.3, -0.25) is 14.4 Å². The second kappa shape index (κ2) is 11.4. The van der Waals surface area contributed by atoms with Gasteiger partial charge in [0, 0.05) is 56.0 Å². The molecule has 2 aromatic rings. The van der Waals surface area contributed by atoms with Gasteiger partial charge in [0.05, 0.1) is 28.2 Å². The minimum atomic E-state index is -0.285. The van der Waals surface area contributed by atoms with E-state index in [0.717, 1.165) is 18.4 Å². The zero-order valence-corrected chi connectivity index (χ0v) is 25.2. The lowest BCUT2D eigenvalue weighted by Crippen LogP contribution is -2.46. The van der Waals surface area contributed by atoms with E-state index >= 15 is 0 Å². The van der Waals surface area contributed by atoms with Crippen molar-refractivity contribution in [3.8, 4) is 5.75 Å². The van der Waals surface area contributed by atoms with Crippen molar-refractivity contribution in [2.24, 2.45) is 11.3 Å². The number of hydrogen-bond acceptors (Lipinski definition) is 4. The van der Waals surface area contributed by atoms with Crippen LogP contribution in [0.2, 0.25) is 15.1 Å². The van der Waals surface area contributed by atoms with E-state index in [9.17, 15) is 14.4 Å². The zero-order chi connectivity index (χ0) is 28.8. The molecule has 3 aliphatic rings. The first-order valence-electron chi connectivity index (χ1n) is 13.7. The molecule has 214 valence electrons. The molecule has 1 saturated carbocycles. The van der Waals surface area contributed by atoms with Crippen LogP contribution >= 0.6 is 34.8 Å². The van der Waals surface area contributed by atoms with E-state index in [1.165, 1.54) is 7.11 Å². The number of hydrogen-bond donors (Lipinski definition) is 0. The van der Waals surface area contributed by atoms with Gasteiger partial charge in [-0.05, 0) is 61.6 Å². The van der Waals surface area contributed by atoms with Gasteiger partial charge in [0.2, 0.25) is 11.8 Å². The Kier molecular flexibility index (Phi) is 8.29. The maximum Gasteiger partial charge on any atom is 0.254 e. The van der Waals surface area contributed by atoms with Gasteiger partial charge in [-0.15, -0.1) is 0 Å². The van der Waals surface area contributed by atoms with E-state index in [1.807, 2.05) is 28.9 Å². The molecule has 0 bridgehead atoms. The molecule has 2 aromatic carbocycles. The molecule has 1 aliphatic carbocycles. The lowest BCUT2D eigenvalue weighted by Gasteiger charge is -2.34. The molecule has 0 radical (unpaired) electrons. The summed E-state index contributed by atoms with van der Waals surface area (Å²) in [7, 11) is 3.27. The van der Waals surface area contributed by atoms with Crippen molar-refractivity contribution in [3.63, 3.8) is 0 Å². The van der Waals surface area contributed by atoms with Crippen LogP contribution in [0.25, 0.3) is 0 Å². The lowest BCUT2D eigenvalue weighted by molar-refractivity contribution is -0.142. The smallest absolute Gasteiger partial charge is 0.254 e. The van der Waals surface area contributed by atoms with Gasteiger partial charge in [-0.2, -0.15) is 0 Å². The summed E-state index contributed by atoms with van der Waals surface area (Å²) in [6.07, 6.45) is 3.20. The average molecular weight is 607 g/mol. The van der Waals surface area contributed by atoms with E-state index in [0.29, 0.717) is 65.4 Å². The molecule has 0 aromatic heterocycles. The van der Waals surface area contributed by atoms with Gasteiger partial charge in [0.15, 0.2) is 0 Å². The normalized spacial score (nSPS) is 22.2. The molecule has 2 heterocycles. The van der Waals surface area contributed by atoms with E-state index in [-0.39, 0.29) is 41.0 Å². The van der Waals surface area contributed by atoms with Crippen LogP contribution in [0, 0.1) is 11.3 Å². The number of likely N-dealkylation sites (tertiary alicyclic amines) is 2. The molecule has 2 saturated heterocycles. The predicted octanol–water partition coefficient (Wildman–Crippen LogP) is 5.76. The Labute approximate surface area is 250 Å². The third kappa shape index (κ3) is 5.65. The molecule has 0 spiro atoms. The number of amides is 3. The summed E-state index contributed by atoms with van der Waals surface area (Å²) in [4.78, 5) is 45.6. The van der Waals surface area contributed by atoms with Gasteiger partial charge in [0.25, 0.3) is 5.91 Å². The van der Waals surface area contributed by atoms with Gasteiger partial charge in [-0.25, -0.2) is 0 Å². The van der Waals surface area contributed by atoms with Gasteiger partial charge >= 0.3 is 0 Å². The first-order valence-corrected chi connectivity index (χ1v) is 14.8. The molecular formula is C30H34Cl3N3O4. The molecule has 10 heteroatoms. The van der Waals surface area contributed by atoms with Crippen LogP contribution in [-0.2, 0) is 9.59 Å². The van der Waals surface area contributed by atoms with Gasteiger partial charge < -0.3 is 19.4 Å². The number of ether oxygens (including phenoxy) is 1. The molecule has 2 aliphatic heterocycles. The number of nitrogens with zero attached hydrogens (tertiary/aromatic N) is 3. The van der Waals surface area contributed by atoms with Crippen LogP contribution in [0.15, 0.2) is 36.4 Å². The number of halogens is 3. The largest absolute Gasteiger partial charge is 0.495 e. The van der Waals surface area contributed by atoms with Crippen molar-refractivity contribution >= 4 is 52.5 Å². The third-order valence-electron chi connectivity index (χ3n) is 8.84. The highest BCUT2D eigenvalue weighted by atomic mass is 35.5. The van der Waals surface area contributed by atoms with Crippen molar-refractivity contribution in [1.29, 1.82) is 0 Å². The fourth-order valence-electron chi connectivity index (χ4n) is 5.95. The number of likely N-dealkylation sites (N-methyl/N-ethyl adjacent to an activating group) is 1. The summed E-state index contributed by atoms with van der Waals surface area (Å²) in [5, 5.41) is 1.31. The zero-order valence-electron chi connectivity index (χ0n) is 23.0. The fourth-order valence-corrected chi connectivity index (χ4v) is 6.45. The second-order valence-electron chi connectivity index (χ2n) is 11.5. The molecule has 2 atom stereocenters. The van der Waals surface area contributed by atoms with Crippen LogP contribution in [0.3, 0.4) is 0 Å². The summed E-state index contributed by atoms with van der Waals surface area (Å²) in [6.45, 7) is 4.09. The van der Waals surface area contributed by atoms with Crippen molar-refractivity contribution in [2.45, 2.75) is 44.6 Å². The maximum atomic E-state index is 13.8. The number of carbonyl (C=O) groups is 3. The Bertz CT molecular complexity index is 1320. The number of piperidine rings is 1. The Balaban J connectivity index is 1.34. The summed E-state index contributed by atoms with van der Waals surface area (Å²) in [5.74, 6) is 0.221. The number of benzene rings is 2. The molecule has 40 heavy (non-hydrogen) atoms. The predicted molar refractivity (Wildman–Crippen MR) is 156 cm³/mol. The highest BCUT2D eigenvalue weighted by Gasteiger charge is 2.48. The number of methoxy groups -OCH3 is 1. The Morgan fingerprint density at radius 3 is 2.23 bits per heavy atom. The van der Waals surface area contributed by atoms with Crippen LogP contribution in [0.4, 0.5) is 0 Å². The minimum Gasteiger partial charge on any atom is -0.495 e. The quantitative estimate of drug-likeness (QED) is 0.419. The van der Waals surface area contributed by atoms with Crippen LogP contribution in [0.1, 0.15) is 54.4 Å². The minimum absolute atomic E-state index is 0.0753. The van der Waals surface area contributed by atoms with Gasteiger partial charge in [0.1, 0.15) is 5.75 Å². The number of carbonyl (C=O) groups excluding carboxylic acids is 3. The lowest BCUT2D eigenvalue weighted by atomic mass is 9.93. The van der Waals surface area contributed by atoms with Crippen molar-refractivity contribution in [2.75, 3.05) is 40.3 Å². The van der Waals surface area contributed by atoms with Gasteiger partial charge in [-0.1, -0.05) is 47.8 Å². The molecular weight excluding hydrogens is 573 g/mol. The SMILES string of the molecule is COc1cc(C(=O)N(C)[C@H]2CN(C(=O)C3CCN(C(=O)C4(C)CC4)CC3)C[C@@H]2c2ccc(Cl)c(Cl)c2)ccc1Cl. The van der Waals surface area contributed by atoms with E-state index in [1.54, 1.807) is 36.2 Å². The Morgan fingerprint density at radius 2 is 1.60 bits per heavy atom. The van der Waals surface area contributed by atoms with Crippen molar-refractivity contribution in [1.82, 2.24) is 14.7 Å². The Hall–Kier alpha value is -2.48. The van der Waals surface area contributed by atoms with Crippen molar-refractivity contribution < 1.29 is 19.1 Å². The number of rotatable bonds is 6. The fraction of sp³-hybridized carbons (Fsp3) is 0.500. The highest BCUT2D eigenvalue weighted by Crippen LogP contribution is 2.47. The van der Waals surface area contributed by atoms with E-state index in [2.05, 4.69) is 0 Å². The van der Waals surface area contributed by atoms with Crippen LogP contribution in [0.5, 0.6) is 5.75 Å². The second-order valence-corrected chi connectivity index (χ2v) is 12.7. The summed E-state index contributed by atoms with van der Waals surface area (Å²) < 4.78 is 5.31. The first kappa shape index (κ1) is 29.0. The molecule has 0 unspecified atom stereocenters. The first-order chi connectivity index (χ1) is 19.0. The molecule has 3 fully saturated rings. The Morgan fingerprint density at radius 1 is 0.925 bits per heavy atom. The van der Waals surface area contributed by atoms with E-state index < -0.39 is 0 Å². The topological polar surface area (TPSA) is 70.2 Å². The molecule has 0 N–H and O–H groups in total. The summed E-state index contributed by atoms with van der Waals surface area (Å²) in [6, 6.07) is 10.1. The maximum absolute atomic E-state index is 13.8. The van der Waals surface area contributed by atoms with Crippen LogP contribution < -0.4 is 4.74 Å². The van der Waals surface area contributed by atoms with Crippen molar-refractivity contribution in [3.05, 3.63) is 62.6 Å². The summed E-state index contributed by atoms with van der Waals surface area (Å²) >= 11 is 18.7.